The van der Waals surface area contributed by atoms with Crippen molar-refractivity contribution in [1.29, 1.82) is 0 Å². The number of aromatic nitrogens is 2. The SMILES string of the molecule is CN=C(NCCCCn1ccnc1C)NCC1CCCN(C)C1c1cccc(Cl)c1. The van der Waals surface area contributed by atoms with E-state index in [2.05, 4.69) is 55.3 Å². The van der Waals surface area contributed by atoms with Crippen LogP contribution >= 0.6 is 11.6 Å². The predicted molar refractivity (Wildman–Crippen MR) is 125 cm³/mol. The number of aliphatic imine (C=N–C) groups is 1. The molecule has 0 radical (unpaired) electrons. The van der Waals surface area contributed by atoms with Crippen LogP contribution in [0.5, 0.6) is 0 Å². The van der Waals surface area contributed by atoms with Gasteiger partial charge in [0, 0.05) is 50.1 Å². The molecule has 1 fully saturated rings. The van der Waals surface area contributed by atoms with Crippen LogP contribution in [0.25, 0.3) is 0 Å². The third-order valence-corrected chi connectivity index (χ3v) is 6.23. The summed E-state index contributed by atoms with van der Waals surface area (Å²) in [5.41, 5.74) is 1.30. The molecule has 2 unspecified atom stereocenters. The number of hydrogen-bond acceptors (Lipinski definition) is 3. The monoisotopic (exact) mass is 430 g/mol. The van der Waals surface area contributed by atoms with Crippen molar-refractivity contribution < 1.29 is 0 Å². The lowest BCUT2D eigenvalue weighted by Gasteiger charge is -2.40. The first-order valence-electron chi connectivity index (χ1n) is 11.0. The Morgan fingerprint density at radius 2 is 2.17 bits per heavy atom. The molecule has 0 amide bonds. The fraction of sp³-hybridized carbons (Fsp3) is 0.565. The van der Waals surface area contributed by atoms with Crippen LogP contribution in [0.15, 0.2) is 41.7 Å². The molecule has 1 aliphatic heterocycles. The van der Waals surface area contributed by atoms with Crippen molar-refractivity contribution in [2.24, 2.45) is 10.9 Å². The molecule has 164 valence electrons. The maximum absolute atomic E-state index is 6.27. The van der Waals surface area contributed by atoms with E-state index in [1.807, 2.05) is 32.4 Å². The zero-order valence-corrected chi connectivity index (χ0v) is 19.2. The van der Waals surface area contributed by atoms with Gasteiger partial charge in [-0.25, -0.2) is 4.98 Å². The molecule has 1 aromatic heterocycles. The number of rotatable bonds is 8. The molecule has 7 heteroatoms. The largest absolute Gasteiger partial charge is 0.356 e. The Labute approximate surface area is 185 Å². The fourth-order valence-corrected chi connectivity index (χ4v) is 4.59. The number of imidazole rings is 1. The first-order chi connectivity index (χ1) is 14.6. The van der Waals surface area contributed by atoms with Gasteiger partial charge in [-0.2, -0.15) is 0 Å². The van der Waals surface area contributed by atoms with Crippen LogP contribution in [0.3, 0.4) is 0 Å². The zero-order valence-electron chi connectivity index (χ0n) is 18.4. The van der Waals surface area contributed by atoms with Crippen molar-refractivity contribution in [3.05, 3.63) is 53.1 Å². The number of benzene rings is 1. The maximum atomic E-state index is 6.27. The van der Waals surface area contributed by atoms with Crippen molar-refractivity contribution >= 4 is 17.6 Å². The molecule has 2 N–H and O–H groups in total. The highest BCUT2D eigenvalue weighted by Gasteiger charge is 2.30. The van der Waals surface area contributed by atoms with E-state index in [1.54, 1.807) is 0 Å². The fourth-order valence-electron chi connectivity index (χ4n) is 4.39. The van der Waals surface area contributed by atoms with Crippen molar-refractivity contribution in [2.45, 2.75) is 45.2 Å². The third-order valence-electron chi connectivity index (χ3n) is 5.99. The molecule has 0 saturated carbocycles. The lowest BCUT2D eigenvalue weighted by molar-refractivity contribution is 0.122. The van der Waals surface area contributed by atoms with Crippen molar-refractivity contribution in [3.63, 3.8) is 0 Å². The number of nitrogens with zero attached hydrogens (tertiary/aromatic N) is 4. The average molecular weight is 431 g/mol. The van der Waals surface area contributed by atoms with E-state index in [-0.39, 0.29) is 0 Å². The van der Waals surface area contributed by atoms with Crippen molar-refractivity contribution in [1.82, 2.24) is 25.1 Å². The Balaban J connectivity index is 1.46. The summed E-state index contributed by atoms with van der Waals surface area (Å²) in [7, 11) is 4.05. The second-order valence-corrected chi connectivity index (χ2v) is 8.57. The summed E-state index contributed by atoms with van der Waals surface area (Å²) in [5.74, 6) is 2.48. The Kier molecular flexibility index (Phi) is 8.58. The lowest BCUT2D eigenvalue weighted by Crippen LogP contribution is -2.45. The van der Waals surface area contributed by atoms with Gasteiger partial charge in [0.25, 0.3) is 0 Å². The molecular weight excluding hydrogens is 396 g/mol. The predicted octanol–water partition coefficient (Wildman–Crippen LogP) is 3.87. The molecule has 6 nitrogen and oxygen atoms in total. The summed E-state index contributed by atoms with van der Waals surface area (Å²) in [4.78, 5) is 11.1. The third kappa shape index (κ3) is 6.22. The van der Waals surface area contributed by atoms with Gasteiger partial charge >= 0.3 is 0 Å². The van der Waals surface area contributed by atoms with E-state index in [0.717, 1.165) is 55.8 Å². The van der Waals surface area contributed by atoms with E-state index in [1.165, 1.54) is 18.4 Å². The van der Waals surface area contributed by atoms with Crippen molar-refractivity contribution in [2.75, 3.05) is 33.7 Å². The first kappa shape index (κ1) is 22.6. The molecule has 30 heavy (non-hydrogen) atoms. The van der Waals surface area contributed by atoms with Crippen LogP contribution < -0.4 is 10.6 Å². The van der Waals surface area contributed by atoms with E-state index >= 15 is 0 Å². The number of halogens is 1. The first-order valence-corrected chi connectivity index (χ1v) is 11.3. The van der Waals surface area contributed by atoms with Gasteiger partial charge in [0.2, 0.25) is 0 Å². The summed E-state index contributed by atoms with van der Waals surface area (Å²) in [6.45, 7) is 5.99. The number of hydrogen-bond donors (Lipinski definition) is 2. The molecular formula is C23H35ClN6. The Bertz CT molecular complexity index is 818. The average Bonchev–Trinajstić information content (AvgIpc) is 3.14. The van der Waals surface area contributed by atoms with Crippen LogP contribution in [0.1, 0.15) is 43.1 Å². The number of unbranched alkanes of at least 4 members (excludes halogenated alkanes) is 1. The van der Waals surface area contributed by atoms with Gasteiger partial charge in [-0.15, -0.1) is 0 Å². The highest BCUT2D eigenvalue weighted by Crippen LogP contribution is 2.35. The molecule has 0 aliphatic carbocycles. The molecule has 1 aromatic carbocycles. The van der Waals surface area contributed by atoms with Gasteiger partial charge in [-0.05, 0) is 69.8 Å². The molecule has 1 saturated heterocycles. The van der Waals surface area contributed by atoms with Gasteiger partial charge in [-0.3, -0.25) is 9.89 Å². The summed E-state index contributed by atoms with van der Waals surface area (Å²) < 4.78 is 2.20. The lowest BCUT2D eigenvalue weighted by atomic mass is 9.85. The molecule has 1 aliphatic rings. The molecule has 2 atom stereocenters. The maximum Gasteiger partial charge on any atom is 0.190 e. The minimum atomic E-state index is 0.376. The topological polar surface area (TPSA) is 57.5 Å². The van der Waals surface area contributed by atoms with Crippen LogP contribution in [0.2, 0.25) is 5.02 Å². The Morgan fingerprint density at radius 3 is 2.90 bits per heavy atom. The van der Waals surface area contributed by atoms with Crippen LogP contribution in [0.4, 0.5) is 0 Å². The molecule has 2 aromatic rings. The van der Waals surface area contributed by atoms with Crippen LogP contribution in [0, 0.1) is 12.8 Å². The second kappa shape index (κ2) is 11.4. The number of guanidine groups is 1. The number of likely N-dealkylation sites (tertiary alicyclic amines) is 1. The number of piperidine rings is 1. The quantitative estimate of drug-likeness (QED) is 0.379. The van der Waals surface area contributed by atoms with Gasteiger partial charge in [0.1, 0.15) is 5.82 Å². The van der Waals surface area contributed by atoms with Gasteiger partial charge in [-0.1, -0.05) is 23.7 Å². The molecule has 0 spiro atoms. The summed E-state index contributed by atoms with van der Waals surface area (Å²) in [6.07, 6.45) is 8.54. The summed E-state index contributed by atoms with van der Waals surface area (Å²) in [6, 6.07) is 8.68. The number of aryl methyl sites for hydroxylation is 2. The highest BCUT2D eigenvalue weighted by molar-refractivity contribution is 6.30. The molecule has 2 heterocycles. The minimum Gasteiger partial charge on any atom is -0.356 e. The summed E-state index contributed by atoms with van der Waals surface area (Å²) in [5, 5.41) is 7.82. The second-order valence-electron chi connectivity index (χ2n) is 8.14. The highest BCUT2D eigenvalue weighted by atomic mass is 35.5. The van der Waals surface area contributed by atoms with Crippen molar-refractivity contribution in [3.8, 4) is 0 Å². The Hall–Kier alpha value is -2.05. The summed E-state index contributed by atoms with van der Waals surface area (Å²) >= 11 is 6.27. The zero-order chi connectivity index (χ0) is 21.3. The van der Waals surface area contributed by atoms with E-state index in [4.69, 9.17) is 11.6 Å². The van der Waals surface area contributed by atoms with E-state index < -0.39 is 0 Å². The standard InChI is InChI=1S/C23H35ClN6/c1-18-26-12-15-30(18)14-5-4-11-27-23(25-2)28-17-20-9-7-13-29(3)22(20)19-8-6-10-21(24)16-19/h6,8,10,12,15-16,20,22H,4-5,7,9,11,13-14,17H2,1-3H3,(H2,25,27,28). The van der Waals surface area contributed by atoms with Crippen LogP contribution in [-0.2, 0) is 6.54 Å². The van der Waals surface area contributed by atoms with Gasteiger partial charge in [0.05, 0.1) is 0 Å². The number of nitrogens with one attached hydrogen (secondary N) is 2. The van der Waals surface area contributed by atoms with E-state index in [9.17, 15) is 0 Å². The van der Waals surface area contributed by atoms with E-state index in [0.29, 0.717) is 12.0 Å². The van der Waals surface area contributed by atoms with Crippen LogP contribution in [-0.4, -0.2) is 54.1 Å². The smallest absolute Gasteiger partial charge is 0.190 e. The molecule has 0 bridgehead atoms. The normalized spacial score (nSPS) is 20.3. The Morgan fingerprint density at radius 1 is 1.30 bits per heavy atom. The van der Waals surface area contributed by atoms with Gasteiger partial charge in [0.15, 0.2) is 5.96 Å². The van der Waals surface area contributed by atoms with Gasteiger partial charge < -0.3 is 15.2 Å². The molecule has 3 rings (SSSR count). The minimum absolute atomic E-state index is 0.376.